The van der Waals surface area contributed by atoms with E-state index < -0.39 is 47.6 Å². The number of ketones is 2. The lowest BCUT2D eigenvalue weighted by molar-refractivity contribution is -0.322. The third-order valence-corrected chi connectivity index (χ3v) is 10.9. The quantitative estimate of drug-likeness (QED) is 0.166. The largest absolute Gasteiger partial charge is 0.497 e. The standard InChI is InChI=1S/C42H56O9/c1-11-35-25(3)36(43)26(4)40(50-35)27(5)37(44)28(6)41(49-23-33-17-19-34(47-10)20-18-33)31(9)42(46)30(8)38(45)29(7)39(51-42)24(2)21-48-22-32-15-13-12-14-16-32/h12-20,24,27-31,39,41,46H,11,21-23H2,1-10H3/t24-,27+,28+,29-,30+,31+,39+,41+,42+/m1/s1. The predicted octanol–water partition coefficient (Wildman–Crippen LogP) is 7.14. The predicted molar refractivity (Wildman–Crippen MR) is 196 cm³/mol. The summed E-state index contributed by atoms with van der Waals surface area (Å²) in [6.45, 7) is 16.9. The molecule has 0 aliphatic carbocycles. The topological polar surface area (TPSA) is 122 Å². The molecule has 4 rings (SSSR count). The van der Waals surface area contributed by atoms with Crippen LogP contribution in [-0.4, -0.2) is 48.4 Å². The molecule has 0 radical (unpaired) electrons. The Hall–Kier alpha value is -3.63. The molecule has 0 bridgehead atoms. The molecule has 0 spiro atoms. The average molecular weight is 705 g/mol. The second-order valence-corrected chi connectivity index (χ2v) is 14.4. The molecule has 2 aromatic carbocycles. The van der Waals surface area contributed by atoms with E-state index >= 15 is 0 Å². The fraction of sp³-hybridized carbons (Fsp3) is 0.548. The van der Waals surface area contributed by atoms with E-state index in [1.807, 2.05) is 75.4 Å². The normalized spacial score (nSPS) is 23.7. The number of benzene rings is 2. The molecule has 0 amide bonds. The van der Waals surface area contributed by atoms with Crippen LogP contribution in [0.5, 0.6) is 5.75 Å². The van der Waals surface area contributed by atoms with Crippen LogP contribution in [0, 0.1) is 43.4 Å². The van der Waals surface area contributed by atoms with Gasteiger partial charge in [-0.15, -0.1) is 0 Å². The summed E-state index contributed by atoms with van der Waals surface area (Å²) in [6.07, 6.45) is -1.01. The molecule has 278 valence electrons. The Labute approximate surface area is 302 Å². The maximum absolute atomic E-state index is 14.4. The van der Waals surface area contributed by atoms with E-state index in [9.17, 15) is 19.5 Å². The van der Waals surface area contributed by atoms with Gasteiger partial charge in [0.05, 0.1) is 51.0 Å². The van der Waals surface area contributed by atoms with Crippen LogP contribution in [0.25, 0.3) is 0 Å². The van der Waals surface area contributed by atoms with Gasteiger partial charge in [-0.1, -0.05) is 84.0 Å². The van der Waals surface area contributed by atoms with Crippen molar-refractivity contribution in [2.75, 3.05) is 13.7 Å². The van der Waals surface area contributed by atoms with Gasteiger partial charge in [0.2, 0.25) is 0 Å². The molecule has 1 aromatic heterocycles. The lowest BCUT2D eigenvalue weighted by Gasteiger charge is -2.50. The Morgan fingerprint density at radius 2 is 1.55 bits per heavy atom. The summed E-state index contributed by atoms with van der Waals surface area (Å²) < 4.78 is 30.7. The van der Waals surface area contributed by atoms with E-state index in [1.165, 1.54) is 0 Å². The third kappa shape index (κ3) is 8.71. The van der Waals surface area contributed by atoms with E-state index in [2.05, 4.69) is 0 Å². The third-order valence-electron chi connectivity index (χ3n) is 10.9. The second kappa shape index (κ2) is 17.3. The van der Waals surface area contributed by atoms with Crippen molar-refractivity contribution in [2.45, 2.75) is 106 Å². The maximum atomic E-state index is 14.4. The van der Waals surface area contributed by atoms with Crippen molar-refractivity contribution in [2.24, 2.45) is 29.6 Å². The van der Waals surface area contributed by atoms with Gasteiger partial charge in [-0.25, -0.2) is 0 Å². The maximum Gasteiger partial charge on any atom is 0.191 e. The van der Waals surface area contributed by atoms with Gasteiger partial charge in [-0.3, -0.25) is 14.4 Å². The summed E-state index contributed by atoms with van der Waals surface area (Å²) in [5.74, 6) is -4.71. The van der Waals surface area contributed by atoms with E-state index in [0.29, 0.717) is 48.0 Å². The number of ether oxygens (including phenoxy) is 4. The van der Waals surface area contributed by atoms with Crippen molar-refractivity contribution in [3.8, 4) is 5.75 Å². The van der Waals surface area contributed by atoms with E-state index in [-0.39, 0.29) is 29.5 Å². The first-order valence-corrected chi connectivity index (χ1v) is 18.1. The highest BCUT2D eigenvalue weighted by Crippen LogP contribution is 2.44. The molecule has 2 heterocycles. The second-order valence-electron chi connectivity index (χ2n) is 14.4. The van der Waals surface area contributed by atoms with Crippen LogP contribution >= 0.6 is 0 Å². The fourth-order valence-corrected chi connectivity index (χ4v) is 7.44. The van der Waals surface area contributed by atoms with Crippen LogP contribution < -0.4 is 10.2 Å². The summed E-state index contributed by atoms with van der Waals surface area (Å²) in [7, 11) is 1.59. The van der Waals surface area contributed by atoms with Crippen molar-refractivity contribution in [1.29, 1.82) is 0 Å². The van der Waals surface area contributed by atoms with Crippen molar-refractivity contribution in [3.63, 3.8) is 0 Å². The van der Waals surface area contributed by atoms with E-state index in [1.54, 1.807) is 48.7 Å². The summed E-state index contributed by atoms with van der Waals surface area (Å²) >= 11 is 0. The van der Waals surface area contributed by atoms with Crippen molar-refractivity contribution in [3.05, 3.63) is 98.6 Å². The lowest BCUT2D eigenvalue weighted by Crippen LogP contribution is -2.62. The summed E-state index contributed by atoms with van der Waals surface area (Å²) in [6, 6.07) is 17.2. The molecule has 1 aliphatic rings. The molecule has 9 heteroatoms. The fourth-order valence-electron chi connectivity index (χ4n) is 7.44. The number of Topliss-reactive ketones (excluding diaryl/α,β-unsaturated/α-hetero) is 2. The smallest absolute Gasteiger partial charge is 0.191 e. The number of aliphatic hydroxyl groups is 1. The molecule has 3 aromatic rings. The molecule has 0 unspecified atom stereocenters. The summed E-state index contributed by atoms with van der Waals surface area (Å²) in [5, 5.41) is 12.5. The lowest BCUT2D eigenvalue weighted by atomic mass is 9.71. The van der Waals surface area contributed by atoms with Gasteiger partial charge in [-0.05, 0) is 44.0 Å². The molecule has 1 saturated heterocycles. The Balaban J connectivity index is 1.64. The number of carbonyl (C=O) groups excluding carboxylic acids is 2. The Morgan fingerprint density at radius 3 is 2.16 bits per heavy atom. The van der Waals surface area contributed by atoms with Crippen LogP contribution in [0.1, 0.15) is 88.2 Å². The molecule has 9 atom stereocenters. The minimum absolute atomic E-state index is 0.124. The number of methoxy groups -OCH3 is 1. The van der Waals surface area contributed by atoms with Crippen LogP contribution in [0.4, 0.5) is 0 Å². The van der Waals surface area contributed by atoms with Crippen LogP contribution in [0.15, 0.2) is 63.8 Å². The Kier molecular flexibility index (Phi) is 13.6. The monoisotopic (exact) mass is 704 g/mol. The first-order valence-electron chi connectivity index (χ1n) is 18.1. The number of carbonyl (C=O) groups is 2. The summed E-state index contributed by atoms with van der Waals surface area (Å²) in [5.41, 5.74) is 2.67. The van der Waals surface area contributed by atoms with Gasteiger partial charge in [0.15, 0.2) is 11.2 Å². The number of hydrogen-bond donors (Lipinski definition) is 1. The van der Waals surface area contributed by atoms with E-state index in [4.69, 9.17) is 23.4 Å². The molecule has 1 fully saturated rings. The zero-order valence-corrected chi connectivity index (χ0v) is 31.9. The number of rotatable bonds is 16. The van der Waals surface area contributed by atoms with Gasteiger partial charge >= 0.3 is 0 Å². The number of hydrogen-bond acceptors (Lipinski definition) is 9. The van der Waals surface area contributed by atoms with Gasteiger partial charge < -0.3 is 28.5 Å². The van der Waals surface area contributed by atoms with Crippen molar-refractivity contribution in [1.82, 2.24) is 0 Å². The SMILES string of the molecule is CCc1oc([C@@H](C)C(=O)[C@H](C)[C@H](OCc2ccc(OC)cc2)[C@H](C)[C@@]2(O)O[C@@H]([C@H](C)COCc3ccccc3)[C@H](C)C(=O)[C@@H]2C)c(C)c(=O)c1C. The zero-order valence-electron chi connectivity index (χ0n) is 31.9. The number of aryl methyl sites for hydroxylation is 1. The molecular weight excluding hydrogens is 648 g/mol. The molecule has 1 N–H and O–H groups in total. The Bertz CT molecular complexity index is 1680. The molecule has 9 nitrogen and oxygen atoms in total. The van der Waals surface area contributed by atoms with Gasteiger partial charge in [-0.2, -0.15) is 0 Å². The van der Waals surface area contributed by atoms with E-state index in [0.717, 1.165) is 11.1 Å². The van der Waals surface area contributed by atoms with Gasteiger partial charge in [0.1, 0.15) is 28.8 Å². The highest BCUT2D eigenvalue weighted by molar-refractivity contribution is 5.88. The van der Waals surface area contributed by atoms with Crippen molar-refractivity contribution < 1.29 is 38.1 Å². The average Bonchev–Trinajstić information content (AvgIpc) is 3.14. The van der Waals surface area contributed by atoms with Crippen LogP contribution in [-0.2, 0) is 43.4 Å². The van der Waals surface area contributed by atoms with Gasteiger partial charge in [0.25, 0.3) is 0 Å². The van der Waals surface area contributed by atoms with Gasteiger partial charge in [0, 0.05) is 41.2 Å². The first kappa shape index (κ1) is 40.1. The summed E-state index contributed by atoms with van der Waals surface area (Å²) in [4.78, 5) is 41.3. The minimum atomic E-state index is -1.95. The highest BCUT2D eigenvalue weighted by Gasteiger charge is 2.56. The van der Waals surface area contributed by atoms with Crippen molar-refractivity contribution >= 4 is 11.6 Å². The van der Waals surface area contributed by atoms with Crippen LogP contribution in [0.2, 0.25) is 0 Å². The molecule has 0 saturated carbocycles. The zero-order chi connectivity index (χ0) is 37.6. The molecular formula is C42H56O9. The molecule has 51 heavy (non-hydrogen) atoms. The minimum Gasteiger partial charge on any atom is -0.497 e. The Morgan fingerprint density at radius 1 is 0.922 bits per heavy atom. The van der Waals surface area contributed by atoms with Crippen LogP contribution in [0.3, 0.4) is 0 Å². The molecule has 1 aliphatic heterocycles. The highest BCUT2D eigenvalue weighted by atomic mass is 16.6. The first-order chi connectivity index (χ1) is 24.2.